The second kappa shape index (κ2) is 13.2. The lowest BCUT2D eigenvalue weighted by atomic mass is 10.2. The summed E-state index contributed by atoms with van der Waals surface area (Å²) in [5.41, 5.74) is 3.82. The third kappa shape index (κ3) is 7.64. The Morgan fingerprint density at radius 2 is 1.89 bits per heavy atom. The van der Waals surface area contributed by atoms with Gasteiger partial charge in [0.15, 0.2) is 6.61 Å². The normalized spacial score (nSPS) is 10.8. The number of para-hydroxylation sites is 1. The Kier molecular flexibility index (Phi) is 9.48. The molecule has 1 aromatic heterocycles. The predicted molar refractivity (Wildman–Crippen MR) is 146 cm³/mol. The molecule has 0 saturated heterocycles. The number of nitrogens with one attached hydrogen (secondary N) is 2. The van der Waals surface area contributed by atoms with Gasteiger partial charge in [0.25, 0.3) is 5.91 Å². The van der Waals surface area contributed by atoms with Crippen LogP contribution in [0.25, 0.3) is 5.69 Å². The first-order valence-corrected chi connectivity index (χ1v) is 13.3. The Morgan fingerprint density at radius 3 is 2.69 bits per heavy atom. The number of hydrogen-bond donors (Lipinski definition) is 2. The maximum absolute atomic E-state index is 12.3. The molecule has 36 heavy (non-hydrogen) atoms. The van der Waals surface area contributed by atoms with E-state index in [9.17, 15) is 4.79 Å². The molecule has 186 valence electrons. The van der Waals surface area contributed by atoms with Gasteiger partial charge in [-0.1, -0.05) is 63.6 Å². The van der Waals surface area contributed by atoms with Crippen LogP contribution in [0.4, 0.5) is 5.69 Å². The summed E-state index contributed by atoms with van der Waals surface area (Å²) < 4.78 is 8.54. The molecule has 0 spiro atoms. The van der Waals surface area contributed by atoms with E-state index in [1.807, 2.05) is 79.7 Å². The molecule has 1 heterocycles. The van der Waals surface area contributed by atoms with Crippen LogP contribution < -0.4 is 15.4 Å². The second-order valence-electron chi connectivity index (χ2n) is 8.04. The third-order valence-corrected chi connectivity index (χ3v) is 6.70. The van der Waals surface area contributed by atoms with Crippen LogP contribution in [0, 0.1) is 6.92 Å². The predicted octanol–water partition coefficient (Wildman–Crippen LogP) is 5.02. The number of halogens is 1. The van der Waals surface area contributed by atoms with Crippen molar-refractivity contribution in [2.24, 2.45) is 0 Å². The highest BCUT2D eigenvalue weighted by Crippen LogP contribution is 2.24. The van der Waals surface area contributed by atoms with Crippen molar-refractivity contribution in [1.29, 1.82) is 0 Å². The number of amides is 1. The molecule has 10 heteroatoms. The number of ether oxygens (including phenoxy) is 1. The summed E-state index contributed by atoms with van der Waals surface area (Å²) >= 11 is 5.14. The minimum atomic E-state index is -0.199. The molecule has 4 rings (SSSR count). The van der Waals surface area contributed by atoms with Crippen molar-refractivity contribution >= 4 is 39.3 Å². The first-order valence-electron chi connectivity index (χ1n) is 11.5. The van der Waals surface area contributed by atoms with Gasteiger partial charge in [-0.25, -0.2) is 0 Å². The average molecular weight is 568 g/mol. The Bertz CT molecular complexity index is 1270. The van der Waals surface area contributed by atoms with Gasteiger partial charge in [0.2, 0.25) is 5.16 Å². The maximum atomic E-state index is 12.3. The van der Waals surface area contributed by atoms with Crippen molar-refractivity contribution in [3.63, 3.8) is 0 Å². The van der Waals surface area contributed by atoms with E-state index in [0.717, 1.165) is 50.8 Å². The van der Waals surface area contributed by atoms with Gasteiger partial charge in [0.05, 0.1) is 5.69 Å². The van der Waals surface area contributed by atoms with Crippen molar-refractivity contribution in [2.75, 3.05) is 24.2 Å². The van der Waals surface area contributed by atoms with E-state index in [1.165, 1.54) is 0 Å². The van der Waals surface area contributed by atoms with Gasteiger partial charge in [0.1, 0.15) is 5.75 Å². The van der Waals surface area contributed by atoms with Crippen LogP contribution in [0.3, 0.4) is 0 Å². The maximum Gasteiger partial charge on any atom is 0.262 e. The van der Waals surface area contributed by atoms with Crippen LogP contribution in [0.15, 0.2) is 82.4 Å². The molecule has 0 atom stereocenters. The summed E-state index contributed by atoms with van der Waals surface area (Å²) in [6.07, 6.45) is 0.940. The minimum absolute atomic E-state index is 0.0602. The second-order valence-corrected chi connectivity index (χ2v) is 10.0. The summed E-state index contributed by atoms with van der Waals surface area (Å²) in [5.74, 6) is 1.36. The molecule has 0 bridgehead atoms. The number of nitrogens with zero attached hydrogens (tertiary/aromatic N) is 4. The summed E-state index contributed by atoms with van der Waals surface area (Å²) in [6, 6.07) is 23.3. The smallest absolute Gasteiger partial charge is 0.262 e. The van der Waals surface area contributed by atoms with Crippen molar-refractivity contribution < 1.29 is 9.53 Å². The van der Waals surface area contributed by atoms with Gasteiger partial charge in [0, 0.05) is 28.0 Å². The number of rotatable bonds is 12. The van der Waals surface area contributed by atoms with Gasteiger partial charge in [-0.2, -0.15) is 4.68 Å². The van der Waals surface area contributed by atoms with Gasteiger partial charge >= 0.3 is 0 Å². The monoisotopic (exact) mass is 566 g/mol. The molecule has 8 nitrogen and oxygen atoms in total. The molecule has 0 unspecified atom stereocenters. The third-order valence-electron chi connectivity index (χ3n) is 5.20. The molecular formula is C26H27BrN6O2S. The topological polar surface area (TPSA) is 94.0 Å². The summed E-state index contributed by atoms with van der Waals surface area (Å²) in [4.78, 5) is 12.3. The van der Waals surface area contributed by atoms with Crippen LogP contribution in [-0.2, 0) is 11.3 Å². The fourth-order valence-corrected chi connectivity index (χ4v) is 4.63. The Labute approximate surface area is 223 Å². The molecular weight excluding hydrogens is 540 g/mol. The van der Waals surface area contributed by atoms with E-state index in [4.69, 9.17) is 4.74 Å². The molecule has 0 aliphatic rings. The fraction of sp³-hybridized carbons (Fsp3) is 0.231. The van der Waals surface area contributed by atoms with E-state index < -0.39 is 0 Å². The van der Waals surface area contributed by atoms with Gasteiger partial charge in [-0.05, 0) is 72.8 Å². The van der Waals surface area contributed by atoms with Crippen LogP contribution in [-0.4, -0.2) is 45.0 Å². The van der Waals surface area contributed by atoms with Gasteiger partial charge in [-0.3, -0.25) is 4.79 Å². The number of carbonyl (C=O) groups is 1. The molecule has 0 aliphatic heterocycles. The van der Waals surface area contributed by atoms with Crippen LogP contribution in [0.2, 0.25) is 0 Å². The molecule has 0 saturated carbocycles. The molecule has 0 radical (unpaired) electrons. The largest absolute Gasteiger partial charge is 0.483 e. The molecule has 4 aromatic rings. The van der Waals surface area contributed by atoms with E-state index in [2.05, 4.69) is 42.1 Å². The fourth-order valence-electron chi connectivity index (χ4n) is 3.39. The standard InChI is InChI=1S/C26H27BrN6O2S/c1-19-8-11-22(12-9-19)29-25(34)18-35-24-13-10-21(27)16-20(24)17-28-14-5-15-36-26-30-31-32-33(26)23-6-3-2-4-7-23/h2-4,6-13,16,28H,5,14-15,17-18H2,1H3,(H,29,34). The number of aryl methyl sites for hydroxylation is 1. The molecule has 0 fully saturated rings. The highest BCUT2D eigenvalue weighted by Gasteiger charge is 2.10. The van der Waals surface area contributed by atoms with Crippen LogP contribution in [0.5, 0.6) is 5.75 Å². The minimum Gasteiger partial charge on any atom is -0.483 e. The lowest BCUT2D eigenvalue weighted by Crippen LogP contribution is -2.21. The zero-order valence-corrected chi connectivity index (χ0v) is 22.3. The molecule has 3 aromatic carbocycles. The van der Waals surface area contributed by atoms with Crippen molar-refractivity contribution in [1.82, 2.24) is 25.5 Å². The van der Waals surface area contributed by atoms with E-state index >= 15 is 0 Å². The van der Waals surface area contributed by atoms with Gasteiger partial charge in [-0.15, -0.1) is 5.10 Å². The Balaban J connectivity index is 1.21. The van der Waals surface area contributed by atoms with E-state index in [-0.39, 0.29) is 12.5 Å². The number of benzene rings is 3. The first-order chi connectivity index (χ1) is 17.6. The van der Waals surface area contributed by atoms with Crippen molar-refractivity contribution in [3.8, 4) is 11.4 Å². The number of anilines is 1. The zero-order chi connectivity index (χ0) is 25.2. The number of tetrazole rings is 1. The van der Waals surface area contributed by atoms with E-state index in [1.54, 1.807) is 16.4 Å². The number of thioether (sulfide) groups is 1. The van der Waals surface area contributed by atoms with Crippen LogP contribution >= 0.6 is 27.7 Å². The number of carbonyl (C=O) groups excluding carboxylic acids is 1. The highest BCUT2D eigenvalue weighted by molar-refractivity contribution is 9.10. The van der Waals surface area contributed by atoms with E-state index in [0.29, 0.717) is 12.3 Å². The zero-order valence-electron chi connectivity index (χ0n) is 19.9. The summed E-state index contributed by atoms with van der Waals surface area (Å²) in [6.45, 7) is 3.39. The number of aromatic nitrogens is 4. The van der Waals surface area contributed by atoms with Gasteiger partial charge < -0.3 is 15.4 Å². The molecule has 0 aliphatic carbocycles. The SMILES string of the molecule is Cc1ccc(NC(=O)COc2ccc(Br)cc2CNCCCSc2nnnn2-c2ccccc2)cc1. The first kappa shape index (κ1) is 25.9. The Hall–Kier alpha value is -3.21. The summed E-state index contributed by atoms with van der Waals surface area (Å²) in [5, 5.41) is 19.1. The lowest BCUT2D eigenvalue weighted by Gasteiger charge is -2.13. The quantitative estimate of drug-likeness (QED) is 0.183. The van der Waals surface area contributed by atoms with Crippen LogP contribution in [0.1, 0.15) is 17.5 Å². The molecule has 1 amide bonds. The average Bonchev–Trinajstić information content (AvgIpc) is 3.36. The van der Waals surface area contributed by atoms with Crippen molar-refractivity contribution in [2.45, 2.75) is 25.0 Å². The Morgan fingerprint density at radius 1 is 1.08 bits per heavy atom. The lowest BCUT2D eigenvalue weighted by molar-refractivity contribution is -0.118. The number of hydrogen-bond acceptors (Lipinski definition) is 7. The summed E-state index contributed by atoms with van der Waals surface area (Å²) in [7, 11) is 0. The van der Waals surface area contributed by atoms with Crippen molar-refractivity contribution in [3.05, 3.63) is 88.4 Å². The molecule has 2 N–H and O–H groups in total. The highest BCUT2D eigenvalue weighted by atomic mass is 79.9.